The Morgan fingerprint density at radius 3 is 2.31 bits per heavy atom. The fourth-order valence-electron chi connectivity index (χ4n) is 1.70. The van der Waals surface area contributed by atoms with E-state index in [2.05, 4.69) is 19.1 Å². The van der Waals surface area contributed by atoms with Gasteiger partial charge in [0.05, 0.1) is 5.41 Å². The second kappa shape index (κ2) is 5.15. The molecule has 16 heavy (non-hydrogen) atoms. The molecule has 0 bridgehead atoms. The number of aryl methyl sites for hydroxylation is 2. The molecular weight excluding hydrogens is 200 g/mol. The van der Waals surface area contributed by atoms with E-state index < -0.39 is 11.4 Å². The summed E-state index contributed by atoms with van der Waals surface area (Å²) in [7, 11) is 0. The van der Waals surface area contributed by atoms with Gasteiger partial charge in [0.25, 0.3) is 0 Å². The summed E-state index contributed by atoms with van der Waals surface area (Å²) in [5.41, 5.74) is 1.96. The van der Waals surface area contributed by atoms with Crippen LogP contribution in [0, 0.1) is 5.41 Å². The van der Waals surface area contributed by atoms with Gasteiger partial charge in [0, 0.05) is 0 Å². The molecule has 0 aliphatic heterocycles. The Kier molecular flexibility index (Phi) is 4.11. The first-order valence-electron chi connectivity index (χ1n) is 5.77. The van der Waals surface area contributed by atoms with Gasteiger partial charge in [0.1, 0.15) is 0 Å². The summed E-state index contributed by atoms with van der Waals surface area (Å²) in [6.07, 6.45) is 2.52. The van der Waals surface area contributed by atoms with Crippen LogP contribution in [0.15, 0.2) is 24.3 Å². The summed E-state index contributed by atoms with van der Waals surface area (Å²) in [6, 6.07) is 8.26. The molecule has 1 aromatic rings. The lowest BCUT2D eigenvalue weighted by Gasteiger charge is -2.19. The quantitative estimate of drug-likeness (QED) is 0.826. The van der Waals surface area contributed by atoms with Gasteiger partial charge in [-0.15, -0.1) is 0 Å². The smallest absolute Gasteiger partial charge is 0.309 e. The number of benzene rings is 1. The molecule has 0 unspecified atom stereocenters. The third-order valence-corrected chi connectivity index (χ3v) is 3.10. The Bertz CT molecular complexity index is 367. The van der Waals surface area contributed by atoms with Crippen molar-refractivity contribution in [3.8, 4) is 0 Å². The maximum Gasteiger partial charge on any atom is 0.309 e. The molecule has 0 spiro atoms. The van der Waals surface area contributed by atoms with Crippen molar-refractivity contribution in [1.29, 1.82) is 0 Å². The normalized spacial score (nSPS) is 11.4. The number of hydrogen-bond donors (Lipinski definition) is 1. The zero-order chi connectivity index (χ0) is 12.2. The highest BCUT2D eigenvalue weighted by Crippen LogP contribution is 2.24. The number of rotatable bonds is 5. The third kappa shape index (κ3) is 3.09. The van der Waals surface area contributed by atoms with Crippen LogP contribution < -0.4 is 0 Å². The van der Waals surface area contributed by atoms with Crippen molar-refractivity contribution in [1.82, 2.24) is 0 Å². The summed E-state index contributed by atoms with van der Waals surface area (Å²) in [6.45, 7) is 5.69. The van der Waals surface area contributed by atoms with Crippen LogP contribution in [0.1, 0.15) is 38.3 Å². The SMILES string of the molecule is CCc1ccccc1CCC(C)(C)C(=O)O. The average molecular weight is 220 g/mol. The van der Waals surface area contributed by atoms with E-state index in [1.54, 1.807) is 13.8 Å². The molecule has 0 aliphatic carbocycles. The highest BCUT2D eigenvalue weighted by molar-refractivity contribution is 5.73. The van der Waals surface area contributed by atoms with Crippen LogP contribution in [-0.4, -0.2) is 11.1 Å². The van der Waals surface area contributed by atoms with E-state index in [1.807, 2.05) is 12.1 Å². The lowest BCUT2D eigenvalue weighted by Crippen LogP contribution is -2.24. The minimum absolute atomic E-state index is 0.638. The predicted octanol–water partition coefficient (Wildman–Crippen LogP) is 3.29. The Hall–Kier alpha value is -1.31. The Morgan fingerprint density at radius 1 is 1.25 bits per heavy atom. The van der Waals surface area contributed by atoms with Crippen molar-refractivity contribution < 1.29 is 9.90 Å². The summed E-state index contributed by atoms with van der Waals surface area (Å²) >= 11 is 0. The number of carboxylic acids is 1. The van der Waals surface area contributed by atoms with Gasteiger partial charge in [0.2, 0.25) is 0 Å². The lowest BCUT2D eigenvalue weighted by molar-refractivity contribution is -0.147. The summed E-state index contributed by atoms with van der Waals surface area (Å²) in [4.78, 5) is 11.0. The van der Waals surface area contributed by atoms with E-state index in [4.69, 9.17) is 5.11 Å². The molecule has 0 saturated carbocycles. The Labute approximate surface area is 97.3 Å². The van der Waals surface area contributed by atoms with E-state index in [9.17, 15) is 4.79 Å². The van der Waals surface area contributed by atoms with Crippen molar-refractivity contribution in [2.45, 2.75) is 40.0 Å². The van der Waals surface area contributed by atoms with Gasteiger partial charge < -0.3 is 5.11 Å². The van der Waals surface area contributed by atoms with Crippen LogP contribution in [0.25, 0.3) is 0 Å². The van der Waals surface area contributed by atoms with Crippen LogP contribution >= 0.6 is 0 Å². The molecule has 0 saturated heterocycles. The van der Waals surface area contributed by atoms with E-state index in [0.717, 1.165) is 12.8 Å². The zero-order valence-corrected chi connectivity index (χ0v) is 10.3. The van der Waals surface area contributed by atoms with Crippen molar-refractivity contribution in [2.75, 3.05) is 0 Å². The van der Waals surface area contributed by atoms with E-state index in [1.165, 1.54) is 11.1 Å². The van der Waals surface area contributed by atoms with E-state index in [-0.39, 0.29) is 0 Å². The molecule has 0 radical (unpaired) electrons. The maximum absolute atomic E-state index is 11.0. The molecule has 1 aromatic carbocycles. The fourth-order valence-corrected chi connectivity index (χ4v) is 1.70. The van der Waals surface area contributed by atoms with Crippen molar-refractivity contribution >= 4 is 5.97 Å². The molecule has 0 amide bonds. The molecule has 0 heterocycles. The molecule has 0 aromatic heterocycles. The first kappa shape index (κ1) is 12.8. The summed E-state index contributed by atoms with van der Waals surface area (Å²) < 4.78 is 0. The number of hydrogen-bond acceptors (Lipinski definition) is 1. The molecular formula is C14H20O2. The largest absolute Gasteiger partial charge is 0.481 e. The maximum atomic E-state index is 11.0. The average Bonchev–Trinajstić information content (AvgIpc) is 2.26. The topological polar surface area (TPSA) is 37.3 Å². The van der Waals surface area contributed by atoms with Crippen LogP contribution in [0.4, 0.5) is 0 Å². The predicted molar refractivity (Wildman–Crippen MR) is 65.6 cm³/mol. The molecule has 0 fully saturated rings. The van der Waals surface area contributed by atoms with E-state index >= 15 is 0 Å². The third-order valence-electron chi connectivity index (χ3n) is 3.10. The highest BCUT2D eigenvalue weighted by Gasteiger charge is 2.26. The van der Waals surface area contributed by atoms with Gasteiger partial charge in [-0.3, -0.25) is 4.79 Å². The number of carboxylic acid groups (broad SMARTS) is 1. The van der Waals surface area contributed by atoms with Crippen LogP contribution in [0.3, 0.4) is 0 Å². The second-order valence-corrected chi connectivity index (χ2v) is 4.81. The highest BCUT2D eigenvalue weighted by atomic mass is 16.4. The number of carbonyl (C=O) groups is 1. The second-order valence-electron chi connectivity index (χ2n) is 4.81. The van der Waals surface area contributed by atoms with Gasteiger partial charge in [-0.25, -0.2) is 0 Å². The van der Waals surface area contributed by atoms with Gasteiger partial charge in [-0.2, -0.15) is 0 Å². The molecule has 1 rings (SSSR count). The lowest BCUT2D eigenvalue weighted by atomic mass is 9.85. The summed E-state index contributed by atoms with van der Waals surface area (Å²) in [5, 5.41) is 9.05. The van der Waals surface area contributed by atoms with Crippen LogP contribution in [0.5, 0.6) is 0 Å². The monoisotopic (exact) mass is 220 g/mol. The van der Waals surface area contributed by atoms with Gasteiger partial charge in [-0.1, -0.05) is 31.2 Å². The Morgan fingerprint density at radius 2 is 1.81 bits per heavy atom. The zero-order valence-electron chi connectivity index (χ0n) is 10.3. The molecule has 2 nitrogen and oxygen atoms in total. The minimum Gasteiger partial charge on any atom is -0.481 e. The Balaban J connectivity index is 2.71. The van der Waals surface area contributed by atoms with Crippen molar-refractivity contribution in [2.24, 2.45) is 5.41 Å². The number of aliphatic carboxylic acids is 1. The first-order valence-corrected chi connectivity index (χ1v) is 5.77. The van der Waals surface area contributed by atoms with Crippen molar-refractivity contribution in [3.63, 3.8) is 0 Å². The van der Waals surface area contributed by atoms with Gasteiger partial charge in [-0.05, 0) is 44.2 Å². The first-order chi connectivity index (χ1) is 7.47. The van der Waals surface area contributed by atoms with Crippen molar-refractivity contribution in [3.05, 3.63) is 35.4 Å². The molecule has 1 N–H and O–H groups in total. The molecule has 88 valence electrons. The minimum atomic E-state index is -0.721. The fraction of sp³-hybridized carbons (Fsp3) is 0.500. The molecule has 0 aliphatic rings. The standard InChI is InChI=1S/C14H20O2/c1-4-11-7-5-6-8-12(11)9-10-14(2,3)13(15)16/h5-8H,4,9-10H2,1-3H3,(H,15,16). The van der Waals surface area contributed by atoms with E-state index in [0.29, 0.717) is 6.42 Å². The molecule has 0 atom stereocenters. The van der Waals surface area contributed by atoms with Crippen LogP contribution in [0.2, 0.25) is 0 Å². The molecule has 2 heteroatoms. The summed E-state index contributed by atoms with van der Waals surface area (Å²) in [5.74, 6) is -0.721. The van der Waals surface area contributed by atoms with Gasteiger partial charge in [0.15, 0.2) is 0 Å². The van der Waals surface area contributed by atoms with Gasteiger partial charge >= 0.3 is 5.97 Å². The van der Waals surface area contributed by atoms with Crippen LogP contribution in [-0.2, 0) is 17.6 Å².